The van der Waals surface area contributed by atoms with Gasteiger partial charge in [-0.05, 0) is 75.9 Å². The zero-order valence-corrected chi connectivity index (χ0v) is 18.0. The Hall–Kier alpha value is -3.19. The molecule has 0 aliphatic carbocycles. The monoisotopic (exact) mass is 426 g/mol. The first-order valence-electron chi connectivity index (χ1n) is 10.2. The number of hydrogen-bond acceptors (Lipinski definition) is 5. The van der Waals surface area contributed by atoms with Gasteiger partial charge in [-0.15, -0.1) is 0 Å². The molecule has 0 unspecified atom stereocenters. The molecule has 6 nitrogen and oxygen atoms in total. The zero-order valence-electron chi connectivity index (χ0n) is 18.0. The van der Waals surface area contributed by atoms with Crippen LogP contribution in [0.2, 0.25) is 0 Å². The molecule has 3 rings (SSSR count). The SMILES string of the molecule is CCOc1ccc([C@@H]2/C(=C(\O)c3ccc(F)cc3)C(=O)C(=O)N2CCCN(C)C)cc1. The number of amides is 1. The van der Waals surface area contributed by atoms with Crippen LogP contribution >= 0.6 is 0 Å². The Kier molecular flexibility index (Phi) is 7.07. The van der Waals surface area contributed by atoms with E-state index >= 15 is 0 Å². The van der Waals surface area contributed by atoms with Crippen molar-refractivity contribution in [1.29, 1.82) is 0 Å². The van der Waals surface area contributed by atoms with Gasteiger partial charge >= 0.3 is 0 Å². The van der Waals surface area contributed by atoms with Crippen LogP contribution in [-0.4, -0.2) is 60.4 Å². The number of Topliss-reactive ketones (excluding diaryl/α,β-unsaturated/α-hetero) is 1. The van der Waals surface area contributed by atoms with E-state index in [1.807, 2.05) is 25.9 Å². The molecule has 1 amide bonds. The van der Waals surface area contributed by atoms with Crippen molar-refractivity contribution in [2.75, 3.05) is 33.8 Å². The molecule has 1 atom stereocenters. The van der Waals surface area contributed by atoms with Crippen LogP contribution in [0.4, 0.5) is 4.39 Å². The second-order valence-electron chi connectivity index (χ2n) is 7.66. The van der Waals surface area contributed by atoms with Gasteiger partial charge in [-0.2, -0.15) is 0 Å². The van der Waals surface area contributed by atoms with Gasteiger partial charge in [-0.1, -0.05) is 12.1 Å². The van der Waals surface area contributed by atoms with Crippen LogP contribution in [0.3, 0.4) is 0 Å². The van der Waals surface area contributed by atoms with Crippen LogP contribution in [0.25, 0.3) is 5.76 Å². The Bertz CT molecular complexity index is 968. The van der Waals surface area contributed by atoms with Crippen molar-refractivity contribution in [3.8, 4) is 5.75 Å². The highest BCUT2D eigenvalue weighted by Gasteiger charge is 2.45. The molecule has 1 saturated heterocycles. The number of aliphatic hydroxyl groups excluding tert-OH is 1. The lowest BCUT2D eigenvalue weighted by Crippen LogP contribution is -2.32. The van der Waals surface area contributed by atoms with Gasteiger partial charge < -0.3 is 19.6 Å². The maximum atomic E-state index is 13.3. The second-order valence-corrected chi connectivity index (χ2v) is 7.66. The van der Waals surface area contributed by atoms with Crippen molar-refractivity contribution >= 4 is 17.4 Å². The van der Waals surface area contributed by atoms with Gasteiger partial charge in [0.2, 0.25) is 0 Å². The first-order valence-corrected chi connectivity index (χ1v) is 10.2. The average Bonchev–Trinajstić information content (AvgIpc) is 2.99. The van der Waals surface area contributed by atoms with Crippen LogP contribution in [-0.2, 0) is 9.59 Å². The average molecular weight is 426 g/mol. The predicted molar refractivity (Wildman–Crippen MR) is 116 cm³/mol. The molecule has 0 spiro atoms. The molecule has 0 radical (unpaired) electrons. The van der Waals surface area contributed by atoms with Crippen LogP contribution in [0.5, 0.6) is 5.75 Å². The second kappa shape index (κ2) is 9.75. The molecule has 1 aliphatic rings. The third kappa shape index (κ3) is 4.94. The van der Waals surface area contributed by atoms with E-state index in [4.69, 9.17) is 4.74 Å². The molecule has 0 bridgehead atoms. The van der Waals surface area contributed by atoms with Crippen LogP contribution < -0.4 is 4.74 Å². The van der Waals surface area contributed by atoms with Crippen LogP contribution in [0, 0.1) is 5.82 Å². The molecule has 31 heavy (non-hydrogen) atoms. The molecule has 0 aromatic heterocycles. The summed E-state index contributed by atoms with van der Waals surface area (Å²) in [6.45, 7) is 3.51. The fraction of sp³-hybridized carbons (Fsp3) is 0.333. The third-order valence-corrected chi connectivity index (χ3v) is 5.17. The summed E-state index contributed by atoms with van der Waals surface area (Å²) in [6.07, 6.45) is 0.671. The summed E-state index contributed by atoms with van der Waals surface area (Å²) >= 11 is 0. The molecule has 1 heterocycles. The van der Waals surface area contributed by atoms with Gasteiger partial charge in [-0.3, -0.25) is 9.59 Å². The van der Waals surface area contributed by atoms with E-state index in [1.54, 1.807) is 24.3 Å². The van der Waals surface area contributed by atoms with E-state index in [1.165, 1.54) is 29.2 Å². The number of halogens is 1. The first-order chi connectivity index (χ1) is 14.8. The lowest BCUT2D eigenvalue weighted by molar-refractivity contribution is -0.139. The summed E-state index contributed by atoms with van der Waals surface area (Å²) in [7, 11) is 3.87. The predicted octanol–water partition coefficient (Wildman–Crippen LogP) is 3.60. The zero-order chi connectivity index (χ0) is 22.5. The summed E-state index contributed by atoms with van der Waals surface area (Å²) in [4.78, 5) is 29.3. The van der Waals surface area contributed by atoms with Gasteiger partial charge in [0.05, 0.1) is 18.2 Å². The molecule has 1 aliphatic heterocycles. The standard InChI is InChI=1S/C24H27FN2O4/c1-4-31-19-12-8-16(9-13-19)21-20(22(28)17-6-10-18(25)11-7-17)23(29)24(30)27(21)15-5-14-26(2)3/h6-13,21,28H,4-5,14-15H2,1-3H3/b22-20+/t21-/m1/s1. The number of carbonyl (C=O) groups excluding carboxylic acids is 2. The van der Waals surface area contributed by atoms with Crippen molar-refractivity contribution in [2.45, 2.75) is 19.4 Å². The molecule has 1 N–H and O–H groups in total. The minimum absolute atomic E-state index is 0.00520. The molecular formula is C24H27FN2O4. The number of rotatable bonds is 8. The maximum Gasteiger partial charge on any atom is 0.295 e. The van der Waals surface area contributed by atoms with E-state index in [9.17, 15) is 19.1 Å². The molecule has 7 heteroatoms. The Morgan fingerprint density at radius 1 is 1.10 bits per heavy atom. The van der Waals surface area contributed by atoms with Gasteiger partial charge in [0.15, 0.2) is 0 Å². The Morgan fingerprint density at radius 2 is 1.74 bits per heavy atom. The lowest BCUT2D eigenvalue weighted by Gasteiger charge is -2.26. The molecule has 2 aromatic carbocycles. The minimum atomic E-state index is -0.745. The number of ether oxygens (including phenoxy) is 1. The van der Waals surface area contributed by atoms with E-state index < -0.39 is 23.5 Å². The van der Waals surface area contributed by atoms with Crippen molar-refractivity contribution in [2.24, 2.45) is 0 Å². The van der Waals surface area contributed by atoms with Gasteiger partial charge in [-0.25, -0.2) is 4.39 Å². The Balaban J connectivity index is 2.05. The molecule has 0 saturated carbocycles. The number of ketones is 1. The number of hydrogen-bond donors (Lipinski definition) is 1. The van der Waals surface area contributed by atoms with E-state index in [-0.39, 0.29) is 16.9 Å². The molecular weight excluding hydrogens is 399 g/mol. The first kappa shape index (κ1) is 22.5. The van der Waals surface area contributed by atoms with Crippen molar-refractivity contribution in [1.82, 2.24) is 9.80 Å². The third-order valence-electron chi connectivity index (χ3n) is 5.17. The van der Waals surface area contributed by atoms with Crippen molar-refractivity contribution < 1.29 is 23.8 Å². The minimum Gasteiger partial charge on any atom is -0.507 e. The Labute approximate surface area is 181 Å². The van der Waals surface area contributed by atoms with Crippen molar-refractivity contribution in [3.05, 3.63) is 71.0 Å². The normalized spacial score (nSPS) is 18.1. The van der Waals surface area contributed by atoms with Gasteiger partial charge in [0, 0.05) is 12.1 Å². The van der Waals surface area contributed by atoms with Crippen LogP contribution in [0.15, 0.2) is 54.1 Å². The molecule has 2 aromatic rings. The fourth-order valence-electron chi connectivity index (χ4n) is 3.69. The number of nitrogens with zero attached hydrogens (tertiary/aromatic N) is 2. The quantitative estimate of drug-likeness (QED) is 0.397. The van der Waals surface area contributed by atoms with Crippen LogP contribution in [0.1, 0.15) is 30.5 Å². The summed E-state index contributed by atoms with van der Waals surface area (Å²) in [5.74, 6) is -1.49. The highest BCUT2D eigenvalue weighted by molar-refractivity contribution is 6.46. The number of carbonyl (C=O) groups is 2. The van der Waals surface area contributed by atoms with E-state index in [0.717, 1.165) is 6.54 Å². The lowest BCUT2D eigenvalue weighted by atomic mass is 9.95. The Morgan fingerprint density at radius 3 is 2.32 bits per heavy atom. The highest BCUT2D eigenvalue weighted by Crippen LogP contribution is 2.39. The number of benzene rings is 2. The molecule has 1 fully saturated rings. The number of likely N-dealkylation sites (tertiary alicyclic amines) is 1. The topological polar surface area (TPSA) is 70.1 Å². The van der Waals surface area contributed by atoms with E-state index in [0.29, 0.717) is 30.9 Å². The summed E-state index contributed by atoms with van der Waals surface area (Å²) in [6, 6.07) is 11.6. The van der Waals surface area contributed by atoms with Gasteiger partial charge in [0.25, 0.3) is 11.7 Å². The van der Waals surface area contributed by atoms with E-state index in [2.05, 4.69) is 0 Å². The smallest absolute Gasteiger partial charge is 0.295 e. The fourth-order valence-corrected chi connectivity index (χ4v) is 3.69. The van der Waals surface area contributed by atoms with Crippen molar-refractivity contribution in [3.63, 3.8) is 0 Å². The number of aliphatic hydroxyl groups is 1. The highest BCUT2D eigenvalue weighted by atomic mass is 19.1. The summed E-state index contributed by atoms with van der Waals surface area (Å²) in [5, 5.41) is 10.9. The maximum absolute atomic E-state index is 13.3. The van der Waals surface area contributed by atoms with Gasteiger partial charge in [0.1, 0.15) is 17.3 Å². The summed E-state index contributed by atoms with van der Waals surface area (Å²) < 4.78 is 18.8. The summed E-state index contributed by atoms with van der Waals surface area (Å²) in [5.41, 5.74) is 0.977. The molecule has 164 valence electrons. The largest absolute Gasteiger partial charge is 0.507 e.